The predicted molar refractivity (Wildman–Crippen MR) is 77.8 cm³/mol. The number of methoxy groups -OCH3 is 1. The minimum absolute atomic E-state index is 0.0536. The zero-order chi connectivity index (χ0) is 16.3. The van der Waals surface area contributed by atoms with Gasteiger partial charge in [0.2, 0.25) is 0 Å². The number of hydrogen-bond acceptors (Lipinski definition) is 7. The molecule has 0 saturated carbocycles. The monoisotopic (exact) mass is 325 g/mol. The van der Waals surface area contributed by atoms with E-state index >= 15 is 0 Å². The van der Waals surface area contributed by atoms with Gasteiger partial charge in [-0.1, -0.05) is 11.6 Å². The summed E-state index contributed by atoms with van der Waals surface area (Å²) >= 11 is 5.97. The van der Waals surface area contributed by atoms with E-state index in [1.807, 2.05) is 0 Å². The fourth-order valence-electron chi connectivity index (χ4n) is 1.78. The third-order valence-electron chi connectivity index (χ3n) is 2.93. The molecule has 2 aromatic rings. The molecule has 9 nitrogen and oxygen atoms in total. The van der Waals surface area contributed by atoms with Gasteiger partial charge in [-0.05, 0) is 6.07 Å². The molecule has 1 heterocycles. The first-order chi connectivity index (χ1) is 10.4. The first-order valence-corrected chi connectivity index (χ1v) is 6.44. The Morgan fingerprint density at radius 1 is 1.55 bits per heavy atom. The highest BCUT2D eigenvalue weighted by Crippen LogP contribution is 2.31. The van der Waals surface area contributed by atoms with E-state index in [1.54, 1.807) is 7.05 Å². The Hall–Kier alpha value is -2.68. The zero-order valence-electron chi connectivity index (χ0n) is 11.7. The lowest BCUT2D eigenvalue weighted by Gasteiger charge is -2.09. The van der Waals surface area contributed by atoms with Crippen LogP contribution in [0.3, 0.4) is 0 Å². The molecule has 0 bridgehead atoms. The van der Waals surface area contributed by atoms with E-state index < -0.39 is 10.9 Å². The molecular formula is C12H12ClN5O4. The van der Waals surface area contributed by atoms with Crippen LogP contribution >= 0.6 is 11.6 Å². The number of esters is 1. The normalized spacial score (nSPS) is 10.3. The molecule has 0 aliphatic heterocycles. The number of nitrogens with zero attached hydrogens (tertiary/aromatic N) is 4. The maximum atomic E-state index is 11.5. The van der Waals surface area contributed by atoms with Crippen LogP contribution in [0.2, 0.25) is 5.02 Å². The summed E-state index contributed by atoms with van der Waals surface area (Å²) in [4.78, 5) is 26.1. The van der Waals surface area contributed by atoms with Crippen molar-refractivity contribution in [1.29, 1.82) is 0 Å². The predicted octanol–water partition coefficient (Wildman–Crippen LogP) is 1.78. The smallest absolute Gasteiger partial charge is 0.339 e. The number of halogens is 1. The zero-order valence-corrected chi connectivity index (χ0v) is 12.5. The number of aryl methyl sites for hydroxylation is 1. The molecule has 0 unspecified atom stereocenters. The number of nitro benzene ring substituents is 1. The van der Waals surface area contributed by atoms with Gasteiger partial charge in [-0.2, -0.15) is 5.10 Å². The lowest BCUT2D eigenvalue weighted by atomic mass is 10.1. The Kier molecular flexibility index (Phi) is 4.56. The Morgan fingerprint density at radius 2 is 2.27 bits per heavy atom. The van der Waals surface area contributed by atoms with Crippen LogP contribution in [0.15, 0.2) is 18.5 Å². The van der Waals surface area contributed by atoms with Crippen LogP contribution in [0.25, 0.3) is 0 Å². The number of hydrogen-bond donors (Lipinski definition) is 1. The fraction of sp³-hybridized carbons (Fsp3) is 0.250. The summed E-state index contributed by atoms with van der Waals surface area (Å²) in [6.45, 7) is 0.214. The Bertz CT molecular complexity index is 730. The molecule has 0 radical (unpaired) electrons. The van der Waals surface area contributed by atoms with Gasteiger partial charge in [0, 0.05) is 13.1 Å². The van der Waals surface area contributed by atoms with Gasteiger partial charge in [0.05, 0.1) is 29.2 Å². The molecule has 0 fully saturated rings. The van der Waals surface area contributed by atoms with Crippen molar-refractivity contribution >= 4 is 28.9 Å². The molecule has 1 aromatic carbocycles. The summed E-state index contributed by atoms with van der Waals surface area (Å²) in [5.41, 5.74) is -0.183. The van der Waals surface area contributed by atoms with Crippen molar-refractivity contribution in [3.05, 3.63) is 45.0 Å². The molecule has 116 valence electrons. The second-order valence-corrected chi connectivity index (χ2v) is 4.66. The second-order valence-electron chi connectivity index (χ2n) is 4.25. The van der Waals surface area contributed by atoms with Crippen LogP contribution in [0, 0.1) is 10.1 Å². The molecule has 0 amide bonds. The highest BCUT2D eigenvalue weighted by Gasteiger charge is 2.21. The Labute approximate surface area is 130 Å². The summed E-state index contributed by atoms with van der Waals surface area (Å²) in [6.07, 6.45) is 1.37. The topological polar surface area (TPSA) is 112 Å². The van der Waals surface area contributed by atoms with Gasteiger partial charge in [0.1, 0.15) is 17.8 Å². The number of anilines is 1. The van der Waals surface area contributed by atoms with E-state index in [2.05, 4.69) is 20.1 Å². The number of ether oxygens (including phenoxy) is 1. The highest BCUT2D eigenvalue weighted by molar-refractivity contribution is 6.34. The summed E-state index contributed by atoms with van der Waals surface area (Å²) < 4.78 is 6.07. The van der Waals surface area contributed by atoms with Crippen molar-refractivity contribution < 1.29 is 14.5 Å². The summed E-state index contributed by atoms with van der Waals surface area (Å²) in [5.74, 6) is -0.157. The molecule has 2 rings (SSSR count). The van der Waals surface area contributed by atoms with Gasteiger partial charge in [0.25, 0.3) is 5.69 Å². The first-order valence-electron chi connectivity index (χ1n) is 6.07. The van der Waals surface area contributed by atoms with Crippen molar-refractivity contribution in [2.75, 3.05) is 12.4 Å². The quantitative estimate of drug-likeness (QED) is 0.506. The molecule has 1 aromatic heterocycles. The standard InChI is InChI=1S/C12H12ClN5O4/c1-17-11(15-6-16-17)5-14-9-4-8(13)7(12(19)22-2)3-10(9)18(20)21/h3-4,6,14H,5H2,1-2H3. The van der Waals surface area contributed by atoms with Gasteiger partial charge in [-0.3, -0.25) is 14.8 Å². The van der Waals surface area contributed by atoms with Gasteiger partial charge < -0.3 is 10.1 Å². The molecule has 0 saturated heterocycles. The van der Waals surface area contributed by atoms with Crippen LogP contribution < -0.4 is 5.32 Å². The van der Waals surface area contributed by atoms with E-state index in [4.69, 9.17) is 11.6 Å². The lowest BCUT2D eigenvalue weighted by Crippen LogP contribution is -2.10. The minimum Gasteiger partial charge on any atom is -0.465 e. The molecule has 0 atom stereocenters. The number of nitrogens with one attached hydrogen (secondary N) is 1. The van der Waals surface area contributed by atoms with E-state index in [9.17, 15) is 14.9 Å². The van der Waals surface area contributed by atoms with Crippen LogP contribution in [0.5, 0.6) is 0 Å². The summed E-state index contributed by atoms with van der Waals surface area (Å²) in [5, 5.41) is 18.0. The van der Waals surface area contributed by atoms with Crippen LogP contribution in [-0.2, 0) is 18.3 Å². The molecule has 0 aliphatic carbocycles. The van der Waals surface area contributed by atoms with Gasteiger partial charge in [-0.25, -0.2) is 9.78 Å². The second kappa shape index (κ2) is 6.39. The van der Waals surface area contributed by atoms with Crippen molar-refractivity contribution in [2.45, 2.75) is 6.54 Å². The number of nitro groups is 1. The average molecular weight is 326 g/mol. The highest BCUT2D eigenvalue weighted by atomic mass is 35.5. The van der Waals surface area contributed by atoms with E-state index in [0.29, 0.717) is 5.82 Å². The number of rotatable bonds is 5. The SMILES string of the molecule is COC(=O)c1cc([N+](=O)[O-])c(NCc2ncnn2C)cc1Cl. The van der Waals surface area contributed by atoms with Crippen molar-refractivity contribution in [2.24, 2.45) is 7.05 Å². The third kappa shape index (κ3) is 3.14. The van der Waals surface area contributed by atoms with Gasteiger partial charge in [0.15, 0.2) is 0 Å². The van der Waals surface area contributed by atoms with Crippen molar-refractivity contribution in [3.63, 3.8) is 0 Å². The van der Waals surface area contributed by atoms with E-state index in [-0.39, 0.29) is 28.5 Å². The van der Waals surface area contributed by atoms with Gasteiger partial charge in [-0.15, -0.1) is 0 Å². The molecule has 1 N–H and O–H groups in total. The maximum Gasteiger partial charge on any atom is 0.339 e. The number of carbonyl (C=O) groups excluding carboxylic acids is 1. The largest absolute Gasteiger partial charge is 0.465 e. The first kappa shape index (κ1) is 15.7. The van der Waals surface area contributed by atoms with E-state index in [1.165, 1.54) is 24.2 Å². The molecule has 0 spiro atoms. The maximum absolute atomic E-state index is 11.5. The minimum atomic E-state index is -0.743. The van der Waals surface area contributed by atoms with Crippen molar-refractivity contribution in [3.8, 4) is 0 Å². The number of benzene rings is 1. The summed E-state index contributed by atoms with van der Waals surface area (Å²) in [7, 11) is 2.87. The van der Waals surface area contributed by atoms with Crippen LogP contribution in [0.1, 0.15) is 16.2 Å². The number of carbonyl (C=O) groups is 1. The lowest BCUT2D eigenvalue weighted by molar-refractivity contribution is -0.384. The average Bonchev–Trinajstić information content (AvgIpc) is 2.89. The molecule has 10 heteroatoms. The van der Waals surface area contributed by atoms with Crippen LogP contribution in [-0.4, -0.2) is 32.8 Å². The Morgan fingerprint density at radius 3 is 2.82 bits per heavy atom. The van der Waals surface area contributed by atoms with E-state index in [0.717, 1.165) is 6.07 Å². The molecule has 0 aliphatic rings. The fourth-order valence-corrected chi connectivity index (χ4v) is 2.02. The number of aromatic nitrogens is 3. The molecule has 22 heavy (non-hydrogen) atoms. The summed E-state index contributed by atoms with van der Waals surface area (Å²) in [6, 6.07) is 2.38. The van der Waals surface area contributed by atoms with Crippen LogP contribution in [0.4, 0.5) is 11.4 Å². The Balaban J connectivity index is 2.34. The third-order valence-corrected chi connectivity index (χ3v) is 3.24. The molecular weight excluding hydrogens is 314 g/mol. The van der Waals surface area contributed by atoms with Crippen molar-refractivity contribution in [1.82, 2.24) is 14.8 Å². The van der Waals surface area contributed by atoms with Gasteiger partial charge >= 0.3 is 5.97 Å².